The van der Waals surface area contributed by atoms with E-state index in [0.717, 1.165) is 18.3 Å². The van der Waals surface area contributed by atoms with Gasteiger partial charge in [0.1, 0.15) is 0 Å². The van der Waals surface area contributed by atoms with Crippen molar-refractivity contribution in [1.29, 1.82) is 0 Å². The van der Waals surface area contributed by atoms with Crippen molar-refractivity contribution < 1.29 is 42.2 Å². The van der Waals surface area contributed by atoms with Gasteiger partial charge in [-0.25, -0.2) is 0 Å². The molecule has 3 heteroatoms. The van der Waals surface area contributed by atoms with Crippen LogP contribution in [-0.2, 0) is 23.8 Å². The van der Waals surface area contributed by atoms with Crippen molar-refractivity contribution in [2.45, 2.75) is 103 Å². The number of hydrogen-bond donors (Lipinski definition) is 0. The molecule has 2 aromatic carbocycles. The first-order valence-corrected chi connectivity index (χ1v) is 16.4. The summed E-state index contributed by atoms with van der Waals surface area (Å²) >= 11 is -1.65. The van der Waals surface area contributed by atoms with Crippen molar-refractivity contribution in [1.82, 2.24) is 0 Å². The maximum absolute atomic E-state index is 2.73. The molecule has 190 valence electrons. The Morgan fingerprint density at radius 1 is 0.750 bits per heavy atom. The van der Waals surface area contributed by atoms with Crippen LogP contribution in [0, 0.1) is 0 Å². The minimum atomic E-state index is -1.65. The minimum absolute atomic E-state index is 0. The van der Waals surface area contributed by atoms with Crippen molar-refractivity contribution >= 4 is 7.68 Å². The van der Waals surface area contributed by atoms with E-state index < -0.39 is 17.4 Å². The summed E-state index contributed by atoms with van der Waals surface area (Å²) in [5, 5.41) is 0. The van der Waals surface area contributed by atoms with E-state index in [1.807, 2.05) is 0 Å². The standard InChI is InChI=1S/C25H29.C5H5.C3H6.2ClH.Ti/c1-3-7-18(8-4-1)20-11-13-22-15-23-14-12-21(17-25(23)24(22)16-20)19-9-5-2-6-10-19;1-2-4-5-3-1;1-3-2;;;/h11-13,16-19H,1-10,15H2;1-3H,4H2;1-2H3;2*1H;/q;;;;;+2/p-2. The number of allylic oxidation sites excluding steroid dienone is 4. The predicted octanol–water partition coefficient (Wildman–Crippen LogP) is 2.66. The molecule has 0 saturated heterocycles. The number of rotatable bonds is 4. The van der Waals surface area contributed by atoms with Crippen LogP contribution in [0.3, 0.4) is 0 Å². The Labute approximate surface area is 237 Å². The van der Waals surface area contributed by atoms with Crippen molar-refractivity contribution in [2.75, 3.05) is 0 Å². The number of fused-ring (bicyclic) bond motifs is 3. The monoisotopic (exact) mass is 554 g/mol. The Balaban J connectivity index is 0.00000152. The summed E-state index contributed by atoms with van der Waals surface area (Å²) in [4.78, 5) is 0. The zero-order valence-corrected chi connectivity index (χ0v) is 25.1. The predicted molar refractivity (Wildman–Crippen MR) is 144 cm³/mol. The summed E-state index contributed by atoms with van der Waals surface area (Å²) in [6.45, 7) is 4.86. The quantitative estimate of drug-likeness (QED) is 0.435. The molecule has 4 aliphatic rings. The van der Waals surface area contributed by atoms with E-state index in [9.17, 15) is 0 Å². The molecule has 0 unspecified atom stereocenters. The maximum Gasteiger partial charge on any atom is -1.00 e. The third-order valence-electron chi connectivity index (χ3n) is 9.08. The second kappa shape index (κ2) is 12.3. The molecule has 4 aliphatic carbocycles. The fourth-order valence-corrected chi connectivity index (χ4v) is 11.9. The van der Waals surface area contributed by atoms with Gasteiger partial charge < -0.3 is 24.8 Å². The third-order valence-corrected chi connectivity index (χ3v) is 13.8. The third kappa shape index (κ3) is 5.45. The molecule has 0 N–H and O–H groups in total. The molecule has 0 aliphatic heterocycles. The molecule has 36 heavy (non-hydrogen) atoms. The van der Waals surface area contributed by atoms with Gasteiger partial charge in [-0.1, -0.05) is 0 Å². The Kier molecular flexibility index (Phi) is 9.60. The number of hydrogen-bond acceptors (Lipinski definition) is 0. The van der Waals surface area contributed by atoms with Gasteiger partial charge in [-0.3, -0.25) is 0 Å². The van der Waals surface area contributed by atoms with Crippen LogP contribution < -0.4 is 28.7 Å². The number of benzene rings is 2. The smallest absolute Gasteiger partial charge is 1.00 e. The molecule has 0 aromatic heterocycles. The Morgan fingerprint density at radius 3 is 2.00 bits per heavy atom. The van der Waals surface area contributed by atoms with Crippen LogP contribution in [0.5, 0.6) is 0 Å². The molecule has 0 bridgehead atoms. The fraction of sp³-hybridized carbons (Fsp3) is 0.485. The van der Waals surface area contributed by atoms with Crippen LogP contribution in [0.2, 0.25) is 0 Å². The molecule has 2 aromatic rings. The molecule has 6 rings (SSSR count). The zero-order valence-electron chi connectivity index (χ0n) is 22.0. The second-order valence-corrected chi connectivity index (χ2v) is 16.1. The fourth-order valence-electron chi connectivity index (χ4n) is 7.30. The van der Waals surface area contributed by atoms with Crippen molar-refractivity contribution in [3.63, 3.8) is 0 Å². The van der Waals surface area contributed by atoms with E-state index in [1.54, 1.807) is 44.9 Å². The Morgan fingerprint density at radius 2 is 1.39 bits per heavy atom. The molecule has 0 heterocycles. The van der Waals surface area contributed by atoms with Crippen LogP contribution in [0.15, 0.2) is 52.4 Å². The van der Waals surface area contributed by atoms with Gasteiger partial charge in [0.05, 0.1) is 0 Å². The summed E-state index contributed by atoms with van der Waals surface area (Å²) in [5.41, 5.74) is 9.77. The van der Waals surface area contributed by atoms with Gasteiger partial charge in [0.25, 0.3) is 0 Å². The van der Waals surface area contributed by atoms with E-state index in [-0.39, 0.29) is 24.8 Å². The van der Waals surface area contributed by atoms with Gasteiger partial charge in [0.2, 0.25) is 0 Å². The van der Waals surface area contributed by atoms with E-state index in [0.29, 0.717) is 0 Å². The summed E-state index contributed by atoms with van der Waals surface area (Å²) in [7, 11) is 0. The molecule has 0 radical (unpaired) electrons. The minimum Gasteiger partial charge on any atom is -1.00 e. The summed E-state index contributed by atoms with van der Waals surface area (Å²) in [6, 6.07) is 13.0. The van der Waals surface area contributed by atoms with Crippen molar-refractivity contribution in [3.05, 3.63) is 74.7 Å². The van der Waals surface area contributed by atoms with Crippen molar-refractivity contribution in [2.24, 2.45) is 0 Å². The van der Waals surface area contributed by atoms with E-state index in [2.05, 4.69) is 62.4 Å². The first-order chi connectivity index (χ1) is 16.7. The summed E-state index contributed by atoms with van der Waals surface area (Å²) in [6.07, 6.45) is 23.6. The average Bonchev–Trinajstić information content (AvgIpc) is 3.53. The van der Waals surface area contributed by atoms with E-state index in [1.165, 1.54) is 70.6 Å². The van der Waals surface area contributed by atoms with Crippen molar-refractivity contribution in [3.8, 4) is 11.1 Å². The SMILES string of the molecule is C[C](C)=[Ti+2]([C]1=CC=CC1)[c]1cc(C2CCCCC2)cc2c1Cc1ccc(C3CCCCC3)cc1-2.[Cl-].[Cl-]. The van der Waals surface area contributed by atoms with Crippen LogP contribution in [0.25, 0.3) is 11.1 Å². The second-order valence-electron chi connectivity index (χ2n) is 11.6. The van der Waals surface area contributed by atoms with Gasteiger partial charge >= 0.3 is 214 Å². The van der Waals surface area contributed by atoms with E-state index >= 15 is 0 Å². The molecule has 0 nitrogen and oxygen atoms in total. The molecule has 0 spiro atoms. The molecule has 0 atom stereocenters. The molecule has 0 amide bonds. The normalized spacial score (nSPS) is 18.9. The molecular weight excluding hydrogens is 515 g/mol. The van der Waals surface area contributed by atoms with E-state index in [4.69, 9.17) is 0 Å². The molecule has 2 saturated carbocycles. The number of halogens is 2. The largest absolute Gasteiger partial charge is 1.00 e. The van der Waals surface area contributed by atoms with Gasteiger partial charge in [0, 0.05) is 0 Å². The van der Waals surface area contributed by atoms with Crippen LogP contribution >= 0.6 is 0 Å². The maximum atomic E-state index is 2.73. The van der Waals surface area contributed by atoms with Gasteiger partial charge in [-0.15, -0.1) is 0 Å². The molecular formula is C33H40Cl2Ti. The van der Waals surface area contributed by atoms with Gasteiger partial charge in [-0.2, -0.15) is 0 Å². The van der Waals surface area contributed by atoms with Gasteiger partial charge in [-0.05, 0) is 0 Å². The zero-order chi connectivity index (χ0) is 23.1. The van der Waals surface area contributed by atoms with Crippen LogP contribution in [0.1, 0.15) is 119 Å². The molecule has 2 fully saturated rings. The van der Waals surface area contributed by atoms with Crippen LogP contribution in [-0.4, -0.2) is 3.81 Å². The Hall–Kier alpha value is -0.916. The van der Waals surface area contributed by atoms with Crippen LogP contribution in [0.4, 0.5) is 0 Å². The first kappa shape index (κ1) is 28.1. The topological polar surface area (TPSA) is 0 Å². The Bertz CT molecular complexity index is 1190. The summed E-state index contributed by atoms with van der Waals surface area (Å²) in [5.74, 6) is 1.56. The van der Waals surface area contributed by atoms with Gasteiger partial charge in [0.15, 0.2) is 0 Å². The average molecular weight is 555 g/mol. The summed E-state index contributed by atoms with van der Waals surface area (Å²) < 4.78 is 5.24. The first-order valence-electron chi connectivity index (χ1n) is 14.0.